The number of nitrogens with one attached hydrogen (secondary N) is 2. The van der Waals surface area contributed by atoms with Gasteiger partial charge in [0, 0.05) is 22.0 Å². The van der Waals surface area contributed by atoms with Crippen molar-refractivity contribution in [1.82, 2.24) is 10.2 Å². The lowest BCUT2D eigenvalue weighted by atomic mass is 10.0. The van der Waals surface area contributed by atoms with Crippen molar-refractivity contribution >= 4 is 40.9 Å². The zero-order valence-electron chi connectivity index (χ0n) is 16.9. The molecule has 0 aromatic heterocycles. The fourth-order valence-corrected chi connectivity index (χ4v) is 4.68. The highest BCUT2D eigenvalue weighted by Gasteiger charge is 2.25. The molecule has 29 heavy (non-hydrogen) atoms. The predicted molar refractivity (Wildman–Crippen MR) is 120 cm³/mol. The van der Waals surface area contributed by atoms with Crippen molar-refractivity contribution in [3.63, 3.8) is 0 Å². The number of halogens is 1. The minimum absolute atomic E-state index is 0.0172. The molecule has 0 fully saturated rings. The second-order valence-corrected chi connectivity index (χ2v) is 8.72. The van der Waals surface area contributed by atoms with Gasteiger partial charge in [-0.05, 0) is 49.8 Å². The minimum Gasteiger partial charge on any atom is -0.350 e. The van der Waals surface area contributed by atoms with E-state index >= 15 is 0 Å². The van der Waals surface area contributed by atoms with Crippen LogP contribution >= 0.6 is 23.4 Å². The van der Waals surface area contributed by atoms with Gasteiger partial charge in [-0.3, -0.25) is 14.5 Å². The van der Waals surface area contributed by atoms with Crippen molar-refractivity contribution in [2.75, 3.05) is 25.0 Å². The highest BCUT2D eigenvalue weighted by Crippen LogP contribution is 2.36. The van der Waals surface area contributed by atoms with Crippen molar-refractivity contribution in [3.05, 3.63) is 58.6 Å². The third-order valence-electron chi connectivity index (χ3n) is 5.15. The van der Waals surface area contributed by atoms with E-state index in [4.69, 9.17) is 11.6 Å². The number of benzene rings is 2. The molecule has 0 radical (unpaired) electrons. The number of hydrogen-bond acceptors (Lipinski definition) is 4. The van der Waals surface area contributed by atoms with Gasteiger partial charge in [-0.2, -0.15) is 0 Å². The summed E-state index contributed by atoms with van der Waals surface area (Å²) in [7, 11) is 0. The number of carbonyl (C=O) groups excluding carboxylic acids is 2. The number of likely N-dealkylation sites (N-methyl/N-ethyl adjacent to an activating group) is 1. The Bertz CT molecular complexity index is 901. The molecular weight excluding hydrogens is 406 g/mol. The van der Waals surface area contributed by atoms with Crippen LogP contribution in [0, 0.1) is 0 Å². The Balaban J connectivity index is 1.76. The third kappa shape index (κ3) is 4.94. The number of nitrogens with zero attached hydrogens (tertiary/aromatic N) is 1. The van der Waals surface area contributed by atoms with Gasteiger partial charge in [0.2, 0.25) is 5.91 Å². The lowest BCUT2D eigenvalue weighted by Crippen LogP contribution is -2.38. The quantitative estimate of drug-likeness (QED) is 0.673. The van der Waals surface area contributed by atoms with Crippen LogP contribution in [0.3, 0.4) is 0 Å². The number of thioether (sulfide) groups is 1. The summed E-state index contributed by atoms with van der Waals surface area (Å²) >= 11 is 7.93. The van der Waals surface area contributed by atoms with E-state index < -0.39 is 0 Å². The molecule has 1 aliphatic heterocycles. The average Bonchev–Trinajstić information content (AvgIpc) is 2.72. The molecule has 2 unspecified atom stereocenters. The molecule has 0 saturated carbocycles. The Hall–Kier alpha value is -2.02. The molecule has 0 saturated heterocycles. The van der Waals surface area contributed by atoms with Gasteiger partial charge in [-0.15, -0.1) is 11.8 Å². The highest BCUT2D eigenvalue weighted by molar-refractivity contribution is 8.00. The van der Waals surface area contributed by atoms with Gasteiger partial charge < -0.3 is 10.6 Å². The molecule has 3 rings (SSSR count). The summed E-state index contributed by atoms with van der Waals surface area (Å²) in [5.41, 5.74) is 2.22. The van der Waals surface area contributed by atoms with E-state index in [0.29, 0.717) is 22.8 Å². The topological polar surface area (TPSA) is 61.4 Å². The number of amides is 2. The highest BCUT2D eigenvalue weighted by atomic mass is 35.5. The van der Waals surface area contributed by atoms with Crippen LogP contribution in [0.4, 0.5) is 5.69 Å². The number of rotatable bonds is 7. The van der Waals surface area contributed by atoms with Crippen LogP contribution in [0.15, 0.2) is 47.4 Å². The van der Waals surface area contributed by atoms with Crippen LogP contribution in [0.5, 0.6) is 0 Å². The maximum absolute atomic E-state index is 12.8. The van der Waals surface area contributed by atoms with Gasteiger partial charge in [0.15, 0.2) is 0 Å². The molecule has 0 spiro atoms. The minimum atomic E-state index is -0.171. The monoisotopic (exact) mass is 431 g/mol. The number of hydrogen-bond donors (Lipinski definition) is 2. The van der Waals surface area contributed by atoms with E-state index in [0.717, 1.165) is 23.5 Å². The van der Waals surface area contributed by atoms with Gasteiger partial charge in [0.05, 0.1) is 17.0 Å². The smallest absolute Gasteiger partial charge is 0.251 e. The summed E-state index contributed by atoms with van der Waals surface area (Å²) in [6.45, 7) is 8.20. The molecule has 2 amide bonds. The van der Waals surface area contributed by atoms with E-state index in [9.17, 15) is 9.59 Å². The molecule has 7 heteroatoms. The van der Waals surface area contributed by atoms with Gasteiger partial charge in [0.25, 0.3) is 5.91 Å². The first-order valence-electron chi connectivity index (χ1n) is 9.82. The predicted octanol–water partition coefficient (Wildman–Crippen LogP) is 4.59. The maximum atomic E-state index is 12.8. The first kappa shape index (κ1) is 21.7. The Morgan fingerprint density at radius 3 is 2.66 bits per heavy atom. The molecule has 2 aromatic carbocycles. The van der Waals surface area contributed by atoms with Crippen molar-refractivity contribution < 1.29 is 9.59 Å². The fraction of sp³-hybridized carbons (Fsp3) is 0.364. The summed E-state index contributed by atoms with van der Waals surface area (Å²) in [4.78, 5) is 28.0. The van der Waals surface area contributed by atoms with E-state index in [1.165, 1.54) is 11.8 Å². The van der Waals surface area contributed by atoms with Gasteiger partial charge in [-0.1, -0.05) is 43.6 Å². The fourth-order valence-electron chi connectivity index (χ4n) is 3.49. The summed E-state index contributed by atoms with van der Waals surface area (Å²) in [6, 6.07) is 13.2. The Labute approximate surface area is 181 Å². The first-order valence-corrected chi connectivity index (χ1v) is 11.1. The van der Waals surface area contributed by atoms with Crippen LogP contribution < -0.4 is 10.6 Å². The third-order valence-corrected chi connectivity index (χ3v) is 6.67. The lowest BCUT2D eigenvalue weighted by Gasteiger charge is -2.31. The second kappa shape index (κ2) is 9.65. The molecule has 2 aromatic rings. The summed E-state index contributed by atoms with van der Waals surface area (Å²) in [6.07, 6.45) is 0. The molecule has 0 aliphatic carbocycles. The van der Waals surface area contributed by atoms with Gasteiger partial charge in [-0.25, -0.2) is 0 Å². The molecule has 2 N–H and O–H groups in total. The average molecular weight is 432 g/mol. The zero-order chi connectivity index (χ0) is 21.0. The van der Waals surface area contributed by atoms with Gasteiger partial charge >= 0.3 is 0 Å². The Kier molecular flexibility index (Phi) is 7.22. The van der Waals surface area contributed by atoms with Crippen molar-refractivity contribution in [3.8, 4) is 0 Å². The summed E-state index contributed by atoms with van der Waals surface area (Å²) < 4.78 is 0. The molecule has 2 atom stereocenters. The van der Waals surface area contributed by atoms with E-state index in [-0.39, 0.29) is 23.1 Å². The van der Waals surface area contributed by atoms with Crippen LogP contribution in [0.1, 0.15) is 42.7 Å². The second-order valence-electron chi connectivity index (χ2n) is 6.93. The number of fused-ring (bicyclic) bond motifs is 1. The molecule has 1 aliphatic rings. The molecule has 5 nitrogen and oxygen atoms in total. The summed E-state index contributed by atoms with van der Waals surface area (Å²) in [5.74, 6) is -0.213. The maximum Gasteiger partial charge on any atom is 0.251 e. The first-order chi connectivity index (χ1) is 13.9. The molecule has 154 valence electrons. The van der Waals surface area contributed by atoms with Crippen LogP contribution in [-0.2, 0) is 4.79 Å². The van der Waals surface area contributed by atoms with E-state index in [1.807, 2.05) is 37.3 Å². The zero-order valence-corrected chi connectivity index (χ0v) is 18.4. The standard InChI is InChI=1S/C22H26ClN3O2S/c1-4-26(5-2)19(16-8-6-7-9-17(16)23)13-24-22(28)15-10-11-20-18(12-15)25-21(27)14(3)29-20/h6-12,14,19H,4-5,13H2,1-3H3,(H,24,28)(H,25,27). The molecular formula is C22H26ClN3O2S. The van der Waals surface area contributed by atoms with Crippen LogP contribution in [-0.4, -0.2) is 41.6 Å². The van der Waals surface area contributed by atoms with Crippen LogP contribution in [0.2, 0.25) is 5.02 Å². The molecule has 0 bridgehead atoms. The van der Waals surface area contributed by atoms with Crippen molar-refractivity contribution in [2.24, 2.45) is 0 Å². The Morgan fingerprint density at radius 2 is 1.97 bits per heavy atom. The summed E-state index contributed by atoms with van der Waals surface area (Å²) in [5, 5.41) is 6.48. The van der Waals surface area contributed by atoms with Crippen LogP contribution in [0.25, 0.3) is 0 Å². The van der Waals surface area contributed by atoms with Gasteiger partial charge in [0.1, 0.15) is 0 Å². The largest absolute Gasteiger partial charge is 0.350 e. The van der Waals surface area contributed by atoms with Crippen molar-refractivity contribution in [1.29, 1.82) is 0 Å². The lowest BCUT2D eigenvalue weighted by molar-refractivity contribution is -0.115. The SMILES string of the molecule is CCN(CC)C(CNC(=O)c1ccc2c(c1)NC(=O)C(C)S2)c1ccccc1Cl. The number of anilines is 1. The van der Waals surface area contributed by atoms with E-state index in [1.54, 1.807) is 12.1 Å². The Morgan fingerprint density at radius 1 is 1.24 bits per heavy atom. The normalized spacial score (nSPS) is 16.9. The molecule has 1 heterocycles. The van der Waals surface area contributed by atoms with Crippen molar-refractivity contribution in [2.45, 2.75) is 37.0 Å². The van der Waals surface area contributed by atoms with E-state index in [2.05, 4.69) is 29.4 Å². The number of carbonyl (C=O) groups is 2.